The van der Waals surface area contributed by atoms with Crippen molar-refractivity contribution in [2.75, 3.05) is 6.61 Å². The molecule has 3 rings (SSSR count). The summed E-state index contributed by atoms with van der Waals surface area (Å²) < 4.78 is 7.06. The van der Waals surface area contributed by atoms with Gasteiger partial charge in [-0.25, -0.2) is 4.68 Å². The number of hydrogen-bond acceptors (Lipinski definition) is 5. The van der Waals surface area contributed by atoms with Gasteiger partial charge in [-0.15, -0.1) is 5.10 Å². The zero-order valence-electron chi connectivity index (χ0n) is 13.2. The number of aromatic nitrogens is 4. The molecule has 122 valence electrons. The van der Waals surface area contributed by atoms with Crippen LogP contribution < -0.4 is 10.1 Å². The molecule has 0 aliphatic rings. The fourth-order valence-electron chi connectivity index (χ4n) is 2.03. The summed E-state index contributed by atoms with van der Waals surface area (Å²) in [7, 11) is 0. The third-order valence-electron chi connectivity index (χ3n) is 3.33. The molecule has 3 aromatic rings. The first-order chi connectivity index (χ1) is 11.7. The minimum Gasteiger partial charge on any atom is -0.484 e. The summed E-state index contributed by atoms with van der Waals surface area (Å²) in [6.07, 6.45) is 5.12. The van der Waals surface area contributed by atoms with Crippen molar-refractivity contribution in [2.45, 2.75) is 13.5 Å². The lowest BCUT2D eigenvalue weighted by Crippen LogP contribution is -2.28. The molecule has 0 fully saturated rings. The quantitative estimate of drug-likeness (QED) is 0.746. The Hall–Kier alpha value is -3.22. The van der Waals surface area contributed by atoms with E-state index in [4.69, 9.17) is 4.74 Å². The number of nitrogens with zero attached hydrogens (tertiary/aromatic N) is 4. The molecule has 7 nitrogen and oxygen atoms in total. The number of amides is 1. The van der Waals surface area contributed by atoms with Crippen LogP contribution in [0.15, 0.2) is 55.0 Å². The van der Waals surface area contributed by atoms with Crippen molar-refractivity contribution < 1.29 is 9.53 Å². The van der Waals surface area contributed by atoms with E-state index in [-0.39, 0.29) is 12.5 Å². The van der Waals surface area contributed by atoms with Gasteiger partial charge < -0.3 is 10.1 Å². The number of nitrogens with one attached hydrogen (secondary N) is 1. The second-order valence-corrected chi connectivity index (χ2v) is 5.24. The Morgan fingerprint density at radius 3 is 2.67 bits per heavy atom. The molecule has 0 saturated carbocycles. The molecule has 1 amide bonds. The number of carbonyl (C=O) groups excluding carboxylic acids is 1. The van der Waals surface area contributed by atoms with Crippen LogP contribution in [-0.4, -0.2) is 32.5 Å². The molecule has 0 atom stereocenters. The van der Waals surface area contributed by atoms with Crippen LogP contribution >= 0.6 is 0 Å². The van der Waals surface area contributed by atoms with Crippen molar-refractivity contribution in [1.29, 1.82) is 0 Å². The highest BCUT2D eigenvalue weighted by Gasteiger charge is 2.06. The zero-order chi connectivity index (χ0) is 16.8. The van der Waals surface area contributed by atoms with Crippen LogP contribution in [0.4, 0.5) is 0 Å². The van der Waals surface area contributed by atoms with E-state index in [9.17, 15) is 4.79 Å². The summed E-state index contributed by atoms with van der Waals surface area (Å²) in [6, 6.07) is 11.2. The maximum atomic E-state index is 11.8. The number of ether oxygens (including phenoxy) is 1. The van der Waals surface area contributed by atoms with Gasteiger partial charge in [0.15, 0.2) is 6.61 Å². The Kier molecular flexibility index (Phi) is 4.81. The Morgan fingerprint density at radius 1 is 1.17 bits per heavy atom. The first kappa shape index (κ1) is 15.7. The van der Waals surface area contributed by atoms with Gasteiger partial charge in [0.1, 0.15) is 11.4 Å². The molecular formula is C17H17N5O2. The summed E-state index contributed by atoms with van der Waals surface area (Å²) in [5, 5.41) is 10.8. The smallest absolute Gasteiger partial charge is 0.258 e. The highest BCUT2D eigenvalue weighted by atomic mass is 16.5. The van der Waals surface area contributed by atoms with Gasteiger partial charge in [0, 0.05) is 12.4 Å². The molecule has 24 heavy (non-hydrogen) atoms. The molecule has 7 heteroatoms. The molecule has 0 aliphatic carbocycles. The average Bonchev–Trinajstić information content (AvgIpc) is 3.09. The number of benzene rings is 1. The molecular weight excluding hydrogens is 306 g/mol. The van der Waals surface area contributed by atoms with Gasteiger partial charge in [-0.1, -0.05) is 22.9 Å². The molecule has 0 aliphatic heterocycles. The maximum absolute atomic E-state index is 11.8. The average molecular weight is 323 g/mol. The standard InChI is InChI=1S/C17H17N5O2/c1-13-2-4-16(5-3-13)24-12-17(23)19-10-14-11-22(21-20-14)15-6-8-18-9-7-15/h2-9,11H,10,12H2,1H3,(H,19,23). The van der Waals surface area contributed by atoms with Crippen molar-refractivity contribution in [3.63, 3.8) is 0 Å². The Bertz CT molecular complexity index is 799. The Labute approximate surface area is 139 Å². The van der Waals surface area contributed by atoms with E-state index in [1.165, 1.54) is 0 Å². The van der Waals surface area contributed by atoms with Gasteiger partial charge in [0.05, 0.1) is 18.4 Å². The lowest BCUT2D eigenvalue weighted by Gasteiger charge is -2.06. The first-order valence-corrected chi connectivity index (χ1v) is 7.48. The topological polar surface area (TPSA) is 81.9 Å². The largest absolute Gasteiger partial charge is 0.484 e. The molecule has 2 heterocycles. The number of carbonyl (C=O) groups is 1. The third-order valence-corrected chi connectivity index (χ3v) is 3.33. The van der Waals surface area contributed by atoms with Crippen LogP contribution in [0.25, 0.3) is 5.69 Å². The minimum atomic E-state index is -0.214. The molecule has 0 spiro atoms. The van der Waals surface area contributed by atoms with Crippen LogP contribution in [0.3, 0.4) is 0 Å². The summed E-state index contributed by atoms with van der Waals surface area (Å²) in [6.45, 7) is 2.25. The molecule has 1 aromatic carbocycles. The van der Waals surface area contributed by atoms with Crippen LogP contribution in [0, 0.1) is 6.92 Å². The zero-order valence-corrected chi connectivity index (χ0v) is 13.2. The first-order valence-electron chi connectivity index (χ1n) is 7.48. The minimum absolute atomic E-state index is 0.0401. The number of rotatable bonds is 6. The lowest BCUT2D eigenvalue weighted by molar-refractivity contribution is -0.123. The van der Waals surface area contributed by atoms with E-state index in [1.54, 1.807) is 23.3 Å². The van der Waals surface area contributed by atoms with Gasteiger partial charge in [-0.3, -0.25) is 9.78 Å². The molecule has 2 aromatic heterocycles. The van der Waals surface area contributed by atoms with Gasteiger partial charge in [0.2, 0.25) is 0 Å². The Morgan fingerprint density at radius 2 is 1.92 bits per heavy atom. The SMILES string of the molecule is Cc1ccc(OCC(=O)NCc2cn(-c3ccncc3)nn2)cc1. The number of hydrogen-bond donors (Lipinski definition) is 1. The van der Waals surface area contributed by atoms with Crippen molar-refractivity contribution in [3.05, 3.63) is 66.2 Å². The molecule has 0 saturated heterocycles. The molecule has 0 bridgehead atoms. The van der Waals surface area contributed by atoms with Gasteiger partial charge in [-0.2, -0.15) is 0 Å². The Balaban J connectivity index is 1.48. The highest BCUT2D eigenvalue weighted by Crippen LogP contribution is 2.11. The van der Waals surface area contributed by atoms with Crippen LogP contribution in [0.2, 0.25) is 0 Å². The summed E-state index contributed by atoms with van der Waals surface area (Å²) in [5.74, 6) is 0.452. The summed E-state index contributed by atoms with van der Waals surface area (Å²) in [5.41, 5.74) is 2.66. The van der Waals surface area contributed by atoms with E-state index >= 15 is 0 Å². The fourth-order valence-corrected chi connectivity index (χ4v) is 2.03. The predicted octanol–water partition coefficient (Wildman–Crippen LogP) is 1.67. The molecule has 1 N–H and O–H groups in total. The van der Waals surface area contributed by atoms with Crippen LogP contribution in [0.1, 0.15) is 11.3 Å². The predicted molar refractivity (Wildman–Crippen MR) is 87.7 cm³/mol. The third kappa shape index (κ3) is 4.16. The van der Waals surface area contributed by atoms with Crippen molar-refractivity contribution in [1.82, 2.24) is 25.3 Å². The lowest BCUT2D eigenvalue weighted by atomic mass is 10.2. The maximum Gasteiger partial charge on any atom is 0.258 e. The van der Waals surface area contributed by atoms with Crippen molar-refractivity contribution in [3.8, 4) is 11.4 Å². The summed E-state index contributed by atoms with van der Waals surface area (Å²) >= 11 is 0. The van der Waals surface area contributed by atoms with Crippen LogP contribution in [-0.2, 0) is 11.3 Å². The van der Waals surface area contributed by atoms with E-state index < -0.39 is 0 Å². The van der Waals surface area contributed by atoms with Gasteiger partial charge >= 0.3 is 0 Å². The fraction of sp³-hybridized carbons (Fsp3) is 0.176. The number of aryl methyl sites for hydroxylation is 1. The molecule has 0 radical (unpaired) electrons. The monoisotopic (exact) mass is 323 g/mol. The molecule has 0 unspecified atom stereocenters. The number of pyridine rings is 1. The van der Waals surface area contributed by atoms with E-state index in [2.05, 4.69) is 20.6 Å². The van der Waals surface area contributed by atoms with Crippen molar-refractivity contribution in [2.24, 2.45) is 0 Å². The highest BCUT2D eigenvalue weighted by molar-refractivity contribution is 5.77. The van der Waals surface area contributed by atoms with Gasteiger partial charge in [0.25, 0.3) is 5.91 Å². The second kappa shape index (κ2) is 7.36. The van der Waals surface area contributed by atoms with Crippen molar-refractivity contribution >= 4 is 5.91 Å². The van der Waals surface area contributed by atoms with E-state index in [0.717, 1.165) is 11.3 Å². The summed E-state index contributed by atoms with van der Waals surface area (Å²) in [4.78, 5) is 15.8. The van der Waals surface area contributed by atoms with E-state index in [0.29, 0.717) is 18.0 Å². The van der Waals surface area contributed by atoms with Gasteiger partial charge in [-0.05, 0) is 31.2 Å². The van der Waals surface area contributed by atoms with E-state index in [1.807, 2.05) is 43.3 Å². The second-order valence-electron chi connectivity index (χ2n) is 5.24. The normalized spacial score (nSPS) is 10.4. The van der Waals surface area contributed by atoms with Crippen LogP contribution in [0.5, 0.6) is 5.75 Å².